The van der Waals surface area contributed by atoms with Crippen LogP contribution in [0.2, 0.25) is 5.02 Å². The summed E-state index contributed by atoms with van der Waals surface area (Å²) in [5, 5.41) is 0.857. The number of amides is 1. The van der Waals surface area contributed by atoms with E-state index in [0.29, 0.717) is 16.5 Å². The molecule has 1 saturated carbocycles. The van der Waals surface area contributed by atoms with Gasteiger partial charge in [-0.15, -0.1) is 11.6 Å². The second-order valence-electron chi connectivity index (χ2n) is 4.74. The Bertz CT molecular complexity index is 460. The standard InChI is InChI=1S/C13H14BrCl2NO/c1-17(7-8-4-10(16)5-8)13(18)11-6-9(15)2-3-12(11)14/h2-3,6,8,10H,4-5,7H2,1H3. The summed E-state index contributed by atoms with van der Waals surface area (Å²) in [5.74, 6) is 0.516. The number of carbonyl (C=O) groups excluding carboxylic acids is 1. The van der Waals surface area contributed by atoms with Crippen molar-refractivity contribution in [1.82, 2.24) is 4.90 Å². The monoisotopic (exact) mass is 349 g/mol. The fourth-order valence-electron chi connectivity index (χ4n) is 2.14. The molecule has 0 bridgehead atoms. The van der Waals surface area contributed by atoms with Gasteiger partial charge in [-0.1, -0.05) is 11.6 Å². The van der Waals surface area contributed by atoms with Crippen LogP contribution in [-0.4, -0.2) is 29.8 Å². The van der Waals surface area contributed by atoms with Crippen molar-refractivity contribution in [2.24, 2.45) is 5.92 Å². The van der Waals surface area contributed by atoms with E-state index in [9.17, 15) is 4.79 Å². The highest BCUT2D eigenvalue weighted by molar-refractivity contribution is 9.10. The third-order valence-electron chi connectivity index (χ3n) is 3.22. The summed E-state index contributed by atoms with van der Waals surface area (Å²) in [6.45, 7) is 0.751. The lowest BCUT2D eigenvalue weighted by molar-refractivity contribution is 0.0746. The van der Waals surface area contributed by atoms with Gasteiger partial charge in [0.2, 0.25) is 0 Å². The zero-order chi connectivity index (χ0) is 13.3. The molecule has 0 heterocycles. The zero-order valence-corrected chi connectivity index (χ0v) is 13.1. The highest BCUT2D eigenvalue weighted by Crippen LogP contribution is 2.32. The quantitative estimate of drug-likeness (QED) is 0.748. The van der Waals surface area contributed by atoms with Crippen LogP contribution in [-0.2, 0) is 0 Å². The molecule has 1 aliphatic carbocycles. The number of carbonyl (C=O) groups is 1. The van der Waals surface area contributed by atoms with Crippen LogP contribution in [0, 0.1) is 5.92 Å². The van der Waals surface area contributed by atoms with E-state index in [4.69, 9.17) is 23.2 Å². The average Bonchev–Trinajstić information content (AvgIpc) is 2.29. The van der Waals surface area contributed by atoms with E-state index in [1.807, 2.05) is 7.05 Å². The third-order valence-corrected chi connectivity index (χ3v) is 4.50. The summed E-state index contributed by atoms with van der Waals surface area (Å²) in [6.07, 6.45) is 1.99. The summed E-state index contributed by atoms with van der Waals surface area (Å²) in [7, 11) is 1.82. The Balaban J connectivity index is 2.03. The van der Waals surface area contributed by atoms with E-state index in [2.05, 4.69) is 15.9 Å². The lowest BCUT2D eigenvalue weighted by Gasteiger charge is -2.34. The minimum atomic E-state index is -0.0117. The van der Waals surface area contributed by atoms with E-state index in [0.717, 1.165) is 23.9 Å². The highest BCUT2D eigenvalue weighted by atomic mass is 79.9. The Hall–Kier alpha value is -0.250. The van der Waals surface area contributed by atoms with Crippen molar-refractivity contribution in [3.8, 4) is 0 Å². The maximum atomic E-state index is 12.3. The molecule has 2 rings (SSSR count). The van der Waals surface area contributed by atoms with Gasteiger partial charge in [0.25, 0.3) is 5.91 Å². The van der Waals surface area contributed by atoms with Gasteiger partial charge < -0.3 is 4.90 Å². The minimum Gasteiger partial charge on any atom is -0.341 e. The summed E-state index contributed by atoms with van der Waals surface area (Å²) >= 11 is 15.2. The first-order chi connectivity index (χ1) is 8.47. The Morgan fingerprint density at radius 2 is 2.17 bits per heavy atom. The van der Waals surface area contributed by atoms with Gasteiger partial charge in [0.15, 0.2) is 0 Å². The molecule has 1 amide bonds. The highest BCUT2D eigenvalue weighted by Gasteiger charge is 2.29. The molecular weight excluding hydrogens is 337 g/mol. The summed E-state index contributed by atoms with van der Waals surface area (Å²) in [6, 6.07) is 5.24. The summed E-state index contributed by atoms with van der Waals surface area (Å²) in [4.78, 5) is 14.0. The van der Waals surface area contributed by atoms with Crippen molar-refractivity contribution in [2.45, 2.75) is 18.2 Å². The number of benzene rings is 1. The Morgan fingerprint density at radius 1 is 1.50 bits per heavy atom. The van der Waals surface area contributed by atoms with Crippen LogP contribution in [0.5, 0.6) is 0 Å². The van der Waals surface area contributed by atoms with Crippen molar-refractivity contribution in [2.75, 3.05) is 13.6 Å². The number of rotatable bonds is 3. The Morgan fingerprint density at radius 3 is 2.78 bits per heavy atom. The summed E-state index contributed by atoms with van der Waals surface area (Å²) in [5.41, 5.74) is 0.603. The van der Waals surface area contributed by atoms with Crippen LogP contribution < -0.4 is 0 Å². The van der Waals surface area contributed by atoms with E-state index >= 15 is 0 Å². The molecule has 2 nitrogen and oxygen atoms in total. The second kappa shape index (κ2) is 5.81. The number of hydrogen-bond donors (Lipinski definition) is 0. The lowest BCUT2D eigenvalue weighted by Crippen LogP contribution is -2.38. The van der Waals surface area contributed by atoms with Crippen molar-refractivity contribution in [1.29, 1.82) is 0 Å². The Kier molecular flexibility index (Phi) is 4.57. The fraction of sp³-hybridized carbons (Fsp3) is 0.462. The predicted octanol–water partition coefficient (Wildman–Crippen LogP) is 4.19. The first-order valence-corrected chi connectivity index (χ1v) is 7.42. The van der Waals surface area contributed by atoms with Crippen LogP contribution in [0.4, 0.5) is 0 Å². The van der Waals surface area contributed by atoms with Crippen molar-refractivity contribution in [3.63, 3.8) is 0 Å². The Labute approximate surface area is 125 Å². The van der Waals surface area contributed by atoms with Gasteiger partial charge in [0.1, 0.15) is 0 Å². The van der Waals surface area contributed by atoms with Crippen LogP contribution in [0.15, 0.2) is 22.7 Å². The molecule has 0 atom stereocenters. The molecule has 0 unspecified atom stereocenters. The molecule has 0 radical (unpaired) electrons. The molecule has 1 fully saturated rings. The van der Waals surface area contributed by atoms with E-state index in [1.165, 1.54) is 0 Å². The van der Waals surface area contributed by atoms with Crippen molar-refractivity contribution < 1.29 is 4.79 Å². The minimum absolute atomic E-state index is 0.0117. The molecule has 0 aromatic heterocycles. The molecule has 1 aliphatic rings. The van der Waals surface area contributed by atoms with Crippen LogP contribution in [0.25, 0.3) is 0 Å². The number of halogens is 3. The first kappa shape index (κ1) is 14.2. The number of hydrogen-bond acceptors (Lipinski definition) is 1. The van der Waals surface area contributed by atoms with Gasteiger partial charge in [-0.05, 0) is 52.9 Å². The molecule has 1 aromatic carbocycles. The van der Waals surface area contributed by atoms with E-state index in [-0.39, 0.29) is 11.3 Å². The third kappa shape index (κ3) is 3.19. The van der Waals surface area contributed by atoms with Crippen LogP contribution >= 0.6 is 39.1 Å². The van der Waals surface area contributed by atoms with Gasteiger partial charge in [0, 0.05) is 28.5 Å². The van der Waals surface area contributed by atoms with Gasteiger partial charge >= 0.3 is 0 Å². The largest absolute Gasteiger partial charge is 0.341 e. The normalized spacial score (nSPS) is 22.4. The molecule has 98 valence electrons. The van der Waals surface area contributed by atoms with Crippen LogP contribution in [0.1, 0.15) is 23.2 Å². The van der Waals surface area contributed by atoms with E-state index in [1.54, 1.807) is 23.1 Å². The van der Waals surface area contributed by atoms with Crippen LogP contribution in [0.3, 0.4) is 0 Å². The molecule has 5 heteroatoms. The topological polar surface area (TPSA) is 20.3 Å². The van der Waals surface area contributed by atoms with E-state index < -0.39 is 0 Å². The van der Waals surface area contributed by atoms with Gasteiger partial charge in [-0.25, -0.2) is 0 Å². The van der Waals surface area contributed by atoms with Crippen molar-refractivity contribution >= 4 is 45.0 Å². The lowest BCUT2D eigenvalue weighted by atomic mass is 9.84. The molecule has 18 heavy (non-hydrogen) atoms. The maximum absolute atomic E-state index is 12.3. The maximum Gasteiger partial charge on any atom is 0.254 e. The molecule has 1 aromatic rings. The van der Waals surface area contributed by atoms with Gasteiger partial charge in [0.05, 0.1) is 5.56 Å². The fourth-order valence-corrected chi connectivity index (χ4v) is 3.23. The molecule has 0 spiro atoms. The number of alkyl halides is 1. The second-order valence-corrected chi connectivity index (χ2v) is 6.65. The summed E-state index contributed by atoms with van der Waals surface area (Å²) < 4.78 is 0.771. The first-order valence-electron chi connectivity index (χ1n) is 5.82. The SMILES string of the molecule is CN(CC1CC(Cl)C1)C(=O)c1cc(Cl)ccc1Br. The molecule has 0 aliphatic heterocycles. The molecular formula is C13H14BrCl2NO. The van der Waals surface area contributed by atoms with Gasteiger partial charge in [-0.3, -0.25) is 4.79 Å². The number of nitrogens with zero attached hydrogens (tertiary/aromatic N) is 1. The van der Waals surface area contributed by atoms with Gasteiger partial charge in [-0.2, -0.15) is 0 Å². The zero-order valence-electron chi connectivity index (χ0n) is 10.00. The van der Waals surface area contributed by atoms with Crippen molar-refractivity contribution in [3.05, 3.63) is 33.3 Å². The molecule has 0 saturated heterocycles. The molecule has 0 N–H and O–H groups in total. The predicted molar refractivity (Wildman–Crippen MR) is 78.5 cm³/mol. The average molecular weight is 351 g/mol. The smallest absolute Gasteiger partial charge is 0.254 e.